The third-order valence-corrected chi connectivity index (χ3v) is 6.59. The molecule has 7 heteroatoms. The molecular formula is C13H15BrN2O2S2. The molecule has 0 fully saturated rings. The molecule has 0 amide bonds. The van der Waals surface area contributed by atoms with Gasteiger partial charge in [0.05, 0.1) is 5.69 Å². The predicted molar refractivity (Wildman–Crippen MR) is 87.8 cm³/mol. The molecule has 1 aromatic heterocycles. The summed E-state index contributed by atoms with van der Waals surface area (Å²) in [5, 5.41) is 0. The lowest BCUT2D eigenvalue weighted by Gasteiger charge is -2.10. The van der Waals surface area contributed by atoms with Crippen LogP contribution in [0.1, 0.15) is 17.4 Å². The van der Waals surface area contributed by atoms with Gasteiger partial charge in [0.15, 0.2) is 0 Å². The number of nitrogens with one attached hydrogen (secondary N) is 1. The van der Waals surface area contributed by atoms with Gasteiger partial charge in [0.2, 0.25) is 0 Å². The largest absolute Gasteiger partial charge is 0.398 e. The van der Waals surface area contributed by atoms with Crippen molar-refractivity contribution < 1.29 is 8.42 Å². The van der Waals surface area contributed by atoms with E-state index in [0.717, 1.165) is 16.9 Å². The summed E-state index contributed by atoms with van der Waals surface area (Å²) in [7, 11) is -3.57. The highest BCUT2D eigenvalue weighted by Gasteiger charge is 2.18. The molecular weight excluding hydrogens is 360 g/mol. The fourth-order valence-corrected chi connectivity index (χ4v) is 4.71. The zero-order valence-corrected chi connectivity index (χ0v) is 14.3. The first-order chi connectivity index (χ1) is 9.33. The molecule has 108 valence electrons. The summed E-state index contributed by atoms with van der Waals surface area (Å²) in [5.74, 6) is 0. The third-order valence-electron chi connectivity index (χ3n) is 2.85. The molecule has 2 rings (SSSR count). The Balaban J connectivity index is 2.35. The summed E-state index contributed by atoms with van der Waals surface area (Å²) in [6, 6.07) is 6.86. The summed E-state index contributed by atoms with van der Waals surface area (Å²) in [5.41, 5.74) is 7.70. The normalized spacial score (nSPS) is 11.6. The molecule has 3 N–H and O–H groups in total. The van der Waals surface area contributed by atoms with Gasteiger partial charge in [-0.3, -0.25) is 4.72 Å². The predicted octanol–water partition coefficient (Wildman–Crippen LogP) is 3.76. The molecule has 4 nitrogen and oxygen atoms in total. The Hall–Kier alpha value is -1.05. The summed E-state index contributed by atoms with van der Waals surface area (Å²) in [4.78, 5) is 1.04. The molecule has 0 aliphatic carbocycles. The van der Waals surface area contributed by atoms with Gasteiger partial charge in [-0.15, -0.1) is 11.3 Å². The van der Waals surface area contributed by atoms with Gasteiger partial charge in [-0.1, -0.05) is 6.92 Å². The van der Waals surface area contributed by atoms with Crippen molar-refractivity contribution in [1.29, 1.82) is 0 Å². The molecule has 2 aromatic rings. The number of sulfonamides is 1. The van der Waals surface area contributed by atoms with Crippen molar-refractivity contribution in [1.82, 2.24) is 0 Å². The Kier molecular flexibility index (Phi) is 4.41. The summed E-state index contributed by atoms with van der Waals surface area (Å²) >= 11 is 4.62. The first-order valence-corrected chi connectivity index (χ1v) is 9.10. The van der Waals surface area contributed by atoms with Crippen LogP contribution >= 0.6 is 27.3 Å². The molecule has 0 saturated carbocycles. The zero-order valence-electron chi connectivity index (χ0n) is 11.1. The maximum atomic E-state index is 12.3. The van der Waals surface area contributed by atoms with Gasteiger partial charge in [-0.2, -0.15) is 0 Å². The molecule has 0 atom stereocenters. The van der Waals surface area contributed by atoms with E-state index in [9.17, 15) is 8.42 Å². The van der Waals surface area contributed by atoms with Crippen molar-refractivity contribution in [3.8, 4) is 0 Å². The van der Waals surface area contributed by atoms with Crippen molar-refractivity contribution in [2.75, 3.05) is 10.5 Å². The Labute approximate surface area is 131 Å². The maximum absolute atomic E-state index is 12.3. The third kappa shape index (κ3) is 3.16. The highest BCUT2D eigenvalue weighted by molar-refractivity contribution is 9.10. The summed E-state index contributed by atoms with van der Waals surface area (Å²) < 4.78 is 28.2. The van der Waals surface area contributed by atoms with E-state index in [1.807, 2.05) is 19.9 Å². The number of hydrogen-bond acceptors (Lipinski definition) is 4. The number of anilines is 2. The number of thiophene rings is 1. The Morgan fingerprint density at radius 3 is 2.65 bits per heavy atom. The summed E-state index contributed by atoms with van der Waals surface area (Å²) in [6.45, 7) is 3.86. The molecule has 20 heavy (non-hydrogen) atoms. The van der Waals surface area contributed by atoms with Crippen LogP contribution in [-0.2, 0) is 16.4 Å². The van der Waals surface area contributed by atoms with Crippen LogP contribution in [0.5, 0.6) is 0 Å². The average molecular weight is 375 g/mol. The van der Waals surface area contributed by atoms with E-state index in [1.165, 1.54) is 11.3 Å². The number of nitrogens with two attached hydrogens (primary N) is 1. The van der Waals surface area contributed by atoms with Gasteiger partial charge in [-0.25, -0.2) is 8.42 Å². The monoisotopic (exact) mass is 374 g/mol. The minimum Gasteiger partial charge on any atom is -0.398 e. The van der Waals surface area contributed by atoms with Crippen molar-refractivity contribution in [2.24, 2.45) is 0 Å². The molecule has 0 spiro atoms. The number of halogens is 1. The highest BCUT2D eigenvalue weighted by Crippen LogP contribution is 2.31. The van der Waals surface area contributed by atoms with Gasteiger partial charge in [0, 0.05) is 15.0 Å². The SMILES string of the molecule is CCc1ccc(S(=O)(=O)Nc2cc(N)c(C)cc2Br)s1. The standard InChI is InChI=1S/C13H15BrN2O2S2/c1-3-9-4-5-13(19-9)20(17,18)16-12-7-11(15)8(2)6-10(12)14/h4-7,16H,3,15H2,1-2H3. The summed E-state index contributed by atoms with van der Waals surface area (Å²) in [6.07, 6.45) is 0.821. The van der Waals surface area contributed by atoms with E-state index in [1.54, 1.807) is 18.2 Å². The van der Waals surface area contributed by atoms with Gasteiger partial charge >= 0.3 is 0 Å². The molecule has 0 aliphatic rings. The van der Waals surface area contributed by atoms with Crippen LogP contribution in [-0.4, -0.2) is 8.42 Å². The zero-order chi connectivity index (χ0) is 14.9. The van der Waals surface area contributed by atoms with Crippen LogP contribution < -0.4 is 10.5 Å². The fraction of sp³-hybridized carbons (Fsp3) is 0.231. The van der Waals surface area contributed by atoms with Crippen molar-refractivity contribution in [2.45, 2.75) is 24.5 Å². The lowest BCUT2D eigenvalue weighted by molar-refractivity contribution is 0.603. The highest BCUT2D eigenvalue weighted by atomic mass is 79.9. The average Bonchev–Trinajstić information content (AvgIpc) is 2.85. The van der Waals surface area contributed by atoms with Crippen LogP contribution in [0.2, 0.25) is 0 Å². The van der Waals surface area contributed by atoms with E-state index in [0.29, 0.717) is 20.1 Å². The molecule has 0 unspecified atom stereocenters. The minimum absolute atomic E-state index is 0.306. The van der Waals surface area contributed by atoms with Crippen molar-refractivity contribution >= 4 is 48.7 Å². The van der Waals surface area contributed by atoms with Crippen molar-refractivity contribution in [3.63, 3.8) is 0 Å². The number of rotatable bonds is 4. The Morgan fingerprint density at radius 2 is 2.05 bits per heavy atom. The molecule has 0 radical (unpaired) electrons. The van der Waals surface area contributed by atoms with Gasteiger partial charge in [0.25, 0.3) is 10.0 Å². The first kappa shape index (κ1) is 15.3. The second-order valence-electron chi connectivity index (χ2n) is 4.37. The van der Waals surface area contributed by atoms with Gasteiger partial charge in [0.1, 0.15) is 4.21 Å². The minimum atomic E-state index is -3.57. The fourth-order valence-electron chi connectivity index (χ4n) is 1.66. The number of hydrogen-bond donors (Lipinski definition) is 2. The van der Waals surface area contributed by atoms with Gasteiger partial charge < -0.3 is 5.73 Å². The first-order valence-electron chi connectivity index (χ1n) is 6.00. The second kappa shape index (κ2) is 5.75. The van der Waals surface area contributed by atoms with E-state index in [-0.39, 0.29) is 0 Å². The molecule has 0 saturated heterocycles. The lowest BCUT2D eigenvalue weighted by atomic mass is 10.2. The Bertz CT molecular complexity index is 739. The van der Waals surface area contributed by atoms with E-state index >= 15 is 0 Å². The molecule has 0 aliphatic heterocycles. The van der Waals surface area contributed by atoms with Crippen LogP contribution in [0, 0.1) is 6.92 Å². The molecule has 0 bridgehead atoms. The van der Waals surface area contributed by atoms with Crippen LogP contribution in [0.25, 0.3) is 0 Å². The van der Waals surface area contributed by atoms with Crippen LogP contribution in [0.3, 0.4) is 0 Å². The van der Waals surface area contributed by atoms with Crippen LogP contribution in [0.15, 0.2) is 32.9 Å². The molecule has 1 aromatic carbocycles. The van der Waals surface area contributed by atoms with E-state index in [4.69, 9.17) is 5.73 Å². The number of nitrogen functional groups attached to an aromatic ring is 1. The molecule has 1 heterocycles. The van der Waals surface area contributed by atoms with E-state index in [2.05, 4.69) is 20.7 Å². The number of benzene rings is 1. The lowest BCUT2D eigenvalue weighted by Crippen LogP contribution is -2.12. The maximum Gasteiger partial charge on any atom is 0.271 e. The smallest absolute Gasteiger partial charge is 0.271 e. The number of aryl methyl sites for hydroxylation is 2. The van der Waals surface area contributed by atoms with Crippen molar-refractivity contribution in [3.05, 3.63) is 39.2 Å². The van der Waals surface area contributed by atoms with Crippen LogP contribution in [0.4, 0.5) is 11.4 Å². The topological polar surface area (TPSA) is 72.2 Å². The Morgan fingerprint density at radius 1 is 1.35 bits per heavy atom. The van der Waals surface area contributed by atoms with E-state index < -0.39 is 10.0 Å². The second-order valence-corrected chi connectivity index (χ2v) is 8.30. The van der Waals surface area contributed by atoms with Gasteiger partial charge in [-0.05, 0) is 59.1 Å². The quantitative estimate of drug-likeness (QED) is 0.800.